The van der Waals surface area contributed by atoms with Gasteiger partial charge in [0.1, 0.15) is 11.5 Å². The van der Waals surface area contributed by atoms with Crippen molar-refractivity contribution in [3.8, 4) is 22.8 Å². The first kappa shape index (κ1) is 21.5. The fourth-order valence-electron chi connectivity index (χ4n) is 3.33. The summed E-state index contributed by atoms with van der Waals surface area (Å²) in [6, 6.07) is 12.5. The molecule has 0 aliphatic heterocycles. The predicted molar refractivity (Wildman–Crippen MR) is 125 cm³/mol. The fraction of sp³-hybridized carbons (Fsp3) is 0.217. The number of amides is 1. The monoisotopic (exact) mass is 450 g/mol. The summed E-state index contributed by atoms with van der Waals surface area (Å²) in [5.41, 5.74) is 1.34. The molecule has 0 aliphatic carbocycles. The van der Waals surface area contributed by atoms with Crippen LogP contribution in [0.2, 0.25) is 0 Å². The largest absolute Gasteiger partial charge is 0.494 e. The van der Waals surface area contributed by atoms with Crippen LogP contribution in [-0.2, 0) is 7.05 Å². The Morgan fingerprint density at radius 2 is 1.84 bits per heavy atom. The maximum Gasteiger partial charge on any atom is 0.278 e. The van der Waals surface area contributed by atoms with Crippen LogP contribution in [0.1, 0.15) is 24.3 Å². The summed E-state index contributed by atoms with van der Waals surface area (Å²) in [5, 5.41) is 10.1. The standard InChI is InChI=1S/C23H22N4O4S/c1-4-30-14-10-11-19(31-5-2)17(12-14)18-13-32-23(24-18)25-21(28)20-15-8-6-7-9-16(15)22(29)27(3)26-20/h6-13H,4-5H2,1-3H3,(H,24,25,28). The average Bonchev–Trinajstić information content (AvgIpc) is 3.26. The van der Waals surface area contributed by atoms with E-state index in [4.69, 9.17) is 9.47 Å². The smallest absolute Gasteiger partial charge is 0.278 e. The Bertz CT molecular complexity index is 1350. The van der Waals surface area contributed by atoms with Crippen molar-refractivity contribution in [2.75, 3.05) is 18.5 Å². The molecule has 0 bridgehead atoms. The maximum absolute atomic E-state index is 13.0. The number of anilines is 1. The van der Waals surface area contributed by atoms with Crippen LogP contribution < -0.4 is 20.3 Å². The molecule has 2 heterocycles. The van der Waals surface area contributed by atoms with E-state index >= 15 is 0 Å². The van der Waals surface area contributed by atoms with Crippen LogP contribution in [0.4, 0.5) is 5.13 Å². The van der Waals surface area contributed by atoms with Gasteiger partial charge in [-0.05, 0) is 38.1 Å². The van der Waals surface area contributed by atoms with Gasteiger partial charge in [-0.25, -0.2) is 9.67 Å². The van der Waals surface area contributed by atoms with Crippen LogP contribution in [0.15, 0.2) is 52.6 Å². The molecule has 0 spiro atoms. The number of aromatic nitrogens is 3. The zero-order valence-electron chi connectivity index (χ0n) is 17.9. The minimum atomic E-state index is -0.439. The summed E-state index contributed by atoms with van der Waals surface area (Å²) in [6.45, 7) is 4.90. The molecule has 4 rings (SSSR count). The molecule has 0 unspecified atom stereocenters. The molecule has 0 radical (unpaired) electrons. The highest BCUT2D eigenvalue weighted by atomic mass is 32.1. The maximum atomic E-state index is 13.0. The van der Waals surface area contributed by atoms with Crippen LogP contribution in [0.5, 0.6) is 11.5 Å². The molecule has 9 heteroatoms. The van der Waals surface area contributed by atoms with Gasteiger partial charge in [0.25, 0.3) is 11.5 Å². The highest BCUT2D eigenvalue weighted by molar-refractivity contribution is 7.14. The van der Waals surface area contributed by atoms with E-state index in [1.165, 1.54) is 18.4 Å². The number of nitrogens with zero attached hydrogens (tertiary/aromatic N) is 3. The van der Waals surface area contributed by atoms with E-state index < -0.39 is 5.91 Å². The molecule has 2 aromatic heterocycles. The van der Waals surface area contributed by atoms with E-state index in [-0.39, 0.29) is 11.3 Å². The molecular formula is C23H22N4O4S. The van der Waals surface area contributed by atoms with E-state index in [9.17, 15) is 9.59 Å². The lowest BCUT2D eigenvalue weighted by molar-refractivity contribution is 0.102. The zero-order chi connectivity index (χ0) is 22.7. The summed E-state index contributed by atoms with van der Waals surface area (Å²) in [7, 11) is 1.52. The lowest BCUT2D eigenvalue weighted by atomic mass is 10.1. The number of benzene rings is 2. The van der Waals surface area contributed by atoms with Gasteiger partial charge in [0.05, 0.1) is 24.3 Å². The second kappa shape index (κ2) is 9.19. The Balaban J connectivity index is 1.66. The van der Waals surface area contributed by atoms with Gasteiger partial charge in [0.15, 0.2) is 10.8 Å². The van der Waals surface area contributed by atoms with Gasteiger partial charge >= 0.3 is 0 Å². The topological polar surface area (TPSA) is 95.3 Å². The highest BCUT2D eigenvalue weighted by Gasteiger charge is 2.18. The molecule has 1 amide bonds. The second-order valence-electron chi connectivity index (χ2n) is 6.84. The summed E-state index contributed by atoms with van der Waals surface area (Å²) in [6.07, 6.45) is 0. The predicted octanol–water partition coefficient (Wildman–Crippen LogP) is 4.11. The Kier molecular flexibility index (Phi) is 6.18. The molecule has 0 fully saturated rings. The number of ether oxygens (including phenoxy) is 2. The molecule has 2 aromatic carbocycles. The van der Waals surface area contributed by atoms with Crippen molar-refractivity contribution in [2.45, 2.75) is 13.8 Å². The Morgan fingerprint density at radius 3 is 2.59 bits per heavy atom. The van der Waals surface area contributed by atoms with Gasteiger partial charge in [-0.3, -0.25) is 14.9 Å². The summed E-state index contributed by atoms with van der Waals surface area (Å²) < 4.78 is 12.5. The number of carbonyl (C=O) groups is 1. The molecular weight excluding hydrogens is 428 g/mol. The molecule has 0 atom stereocenters. The number of carbonyl (C=O) groups excluding carboxylic acids is 1. The van der Waals surface area contributed by atoms with Crippen molar-refractivity contribution < 1.29 is 14.3 Å². The number of thiazole rings is 1. The van der Waals surface area contributed by atoms with E-state index in [0.29, 0.717) is 46.3 Å². The second-order valence-corrected chi connectivity index (χ2v) is 7.70. The zero-order valence-corrected chi connectivity index (χ0v) is 18.7. The van der Waals surface area contributed by atoms with Gasteiger partial charge in [0.2, 0.25) is 0 Å². The Labute approximate surface area is 188 Å². The number of fused-ring (bicyclic) bond motifs is 1. The minimum Gasteiger partial charge on any atom is -0.494 e. The van der Waals surface area contributed by atoms with Crippen molar-refractivity contribution in [2.24, 2.45) is 7.05 Å². The average molecular weight is 451 g/mol. The molecule has 8 nitrogen and oxygen atoms in total. The van der Waals surface area contributed by atoms with Gasteiger partial charge in [0, 0.05) is 23.4 Å². The Morgan fingerprint density at radius 1 is 1.09 bits per heavy atom. The number of hydrogen-bond donors (Lipinski definition) is 1. The van der Waals surface area contributed by atoms with E-state index in [1.807, 2.05) is 37.4 Å². The molecule has 32 heavy (non-hydrogen) atoms. The van der Waals surface area contributed by atoms with Crippen molar-refractivity contribution in [1.82, 2.24) is 14.8 Å². The van der Waals surface area contributed by atoms with E-state index in [0.717, 1.165) is 10.2 Å². The van der Waals surface area contributed by atoms with Crippen molar-refractivity contribution >= 4 is 33.1 Å². The molecule has 4 aromatic rings. The van der Waals surface area contributed by atoms with Crippen molar-refractivity contribution in [3.05, 3.63) is 63.9 Å². The fourth-order valence-corrected chi connectivity index (χ4v) is 4.03. The number of aryl methyl sites for hydroxylation is 1. The Hall–Kier alpha value is -3.72. The third-order valence-electron chi connectivity index (χ3n) is 4.73. The van der Waals surface area contributed by atoms with Gasteiger partial charge in [-0.15, -0.1) is 11.3 Å². The lowest BCUT2D eigenvalue weighted by Crippen LogP contribution is -2.25. The van der Waals surface area contributed by atoms with Crippen molar-refractivity contribution in [1.29, 1.82) is 0 Å². The summed E-state index contributed by atoms with van der Waals surface area (Å²) >= 11 is 1.29. The summed E-state index contributed by atoms with van der Waals surface area (Å²) in [4.78, 5) is 29.9. The first-order valence-electron chi connectivity index (χ1n) is 10.1. The first-order valence-corrected chi connectivity index (χ1v) is 11.0. The van der Waals surface area contributed by atoms with Crippen LogP contribution >= 0.6 is 11.3 Å². The molecule has 164 valence electrons. The third kappa shape index (κ3) is 4.19. The van der Waals surface area contributed by atoms with E-state index in [1.54, 1.807) is 24.3 Å². The van der Waals surface area contributed by atoms with Gasteiger partial charge in [-0.2, -0.15) is 5.10 Å². The summed E-state index contributed by atoms with van der Waals surface area (Å²) in [5.74, 6) is 0.959. The number of nitrogens with one attached hydrogen (secondary N) is 1. The molecule has 0 saturated carbocycles. The molecule has 0 saturated heterocycles. The van der Waals surface area contributed by atoms with E-state index in [2.05, 4.69) is 15.4 Å². The van der Waals surface area contributed by atoms with Gasteiger partial charge in [-0.1, -0.05) is 18.2 Å². The normalized spacial score (nSPS) is 10.8. The van der Waals surface area contributed by atoms with Gasteiger partial charge < -0.3 is 9.47 Å². The quantitative estimate of drug-likeness (QED) is 0.455. The number of rotatable bonds is 7. The van der Waals surface area contributed by atoms with Crippen molar-refractivity contribution in [3.63, 3.8) is 0 Å². The van der Waals surface area contributed by atoms with Crippen LogP contribution in [0, 0.1) is 0 Å². The third-order valence-corrected chi connectivity index (χ3v) is 5.49. The highest BCUT2D eigenvalue weighted by Crippen LogP contribution is 2.35. The minimum absolute atomic E-state index is 0.160. The molecule has 1 N–H and O–H groups in total. The molecule has 0 aliphatic rings. The first-order chi connectivity index (χ1) is 15.5. The van der Waals surface area contributed by atoms with Crippen LogP contribution in [-0.4, -0.2) is 33.9 Å². The van der Waals surface area contributed by atoms with Crippen LogP contribution in [0.3, 0.4) is 0 Å². The number of hydrogen-bond acceptors (Lipinski definition) is 7. The lowest BCUT2D eigenvalue weighted by Gasteiger charge is -2.11. The SMILES string of the molecule is CCOc1ccc(OCC)c(-c2csc(NC(=O)c3nn(C)c(=O)c4ccccc34)n2)c1. The van der Waals surface area contributed by atoms with Crippen LogP contribution in [0.25, 0.3) is 22.0 Å².